The summed E-state index contributed by atoms with van der Waals surface area (Å²) in [4.78, 5) is 0. The molecule has 2 unspecified atom stereocenters. The summed E-state index contributed by atoms with van der Waals surface area (Å²) >= 11 is 7.87. The standard InChI is InChI=1S/C11H14ClNS/c1-8-6-14-7-11(13-8)9-2-4-10(12)5-3-9/h2-5,8,11,13H,6-7H2,1H3. The number of halogens is 1. The first-order valence-electron chi connectivity index (χ1n) is 4.85. The van der Waals surface area contributed by atoms with Crippen LogP contribution in [0.15, 0.2) is 24.3 Å². The van der Waals surface area contributed by atoms with Gasteiger partial charge in [0.15, 0.2) is 0 Å². The fraction of sp³-hybridized carbons (Fsp3) is 0.455. The minimum absolute atomic E-state index is 0.487. The lowest BCUT2D eigenvalue weighted by Gasteiger charge is -2.28. The third-order valence-electron chi connectivity index (χ3n) is 2.41. The SMILES string of the molecule is CC1CSCC(c2ccc(Cl)cc2)N1. The third kappa shape index (κ3) is 2.44. The van der Waals surface area contributed by atoms with Crippen molar-refractivity contribution in [3.63, 3.8) is 0 Å². The number of thioether (sulfide) groups is 1. The summed E-state index contributed by atoms with van der Waals surface area (Å²) in [6.07, 6.45) is 0. The summed E-state index contributed by atoms with van der Waals surface area (Å²) in [6, 6.07) is 9.23. The molecule has 0 radical (unpaired) electrons. The van der Waals surface area contributed by atoms with Crippen LogP contribution >= 0.6 is 23.4 Å². The normalized spacial score (nSPS) is 27.6. The lowest BCUT2D eigenvalue weighted by atomic mass is 10.1. The van der Waals surface area contributed by atoms with Gasteiger partial charge in [-0.1, -0.05) is 23.7 Å². The van der Waals surface area contributed by atoms with E-state index >= 15 is 0 Å². The van der Waals surface area contributed by atoms with Gasteiger partial charge in [-0.2, -0.15) is 11.8 Å². The Morgan fingerprint density at radius 2 is 2.00 bits per heavy atom. The van der Waals surface area contributed by atoms with Crippen LogP contribution in [0.1, 0.15) is 18.5 Å². The lowest BCUT2D eigenvalue weighted by molar-refractivity contribution is 0.502. The van der Waals surface area contributed by atoms with Gasteiger partial charge >= 0.3 is 0 Å². The summed E-state index contributed by atoms with van der Waals surface area (Å²) in [5.41, 5.74) is 1.34. The van der Waals surface area contributed by atoms with Crippen molar-refractivity contribution in [2.45, 2.75) is 19.0 Å². The van der Waals surface area contributed by atoms with E-state index in [1.165, 1.54) is 11.3 Å². The van der Waals surface area contributed by atoms with Crippen LogP contribution in [0.25, 0.3) is 0 Å². The highest BCUT2D eigenvalue weighted by atomic mass is 35.5. The third-order valence-corrected chi connectivity index (χ3v) is 3.97. The second-order valence-electron chi connectivity index (χ2n) is 3.71. The number of hydrogen-bond acceptors (Lipinski definition) is 2. The van der Waals surface area contributed by atoms with Crippen molar-refractivity contribution >= 4 is 23.4 Å². The van der Waals surface area contributed by atoms with Gasteiger partial charge in [0.1, 0.15) is 0 Å². The summed E-state index contributed by atoms with van der Waals surface area (Å²) in [5.74, 6) is 2.37. The van der Waals surface area contributed by atoms with Crippen molar-refractivity contribution in [3.8, 4) is 0 Å². The molecule has 2 rings (SSSR count). The van der Waals surface area contributed by atoms with E-state index < -0.39 is 0 Å². The molecule has 0 aliphatic carbocycles. The zero-order valence-electron chi connectivity index (χ0n) is 8.16. The molecule has 0 aromatic heterocycles. The molecule has 1 aromatic carbocycles. The molecule has 1 aliphatic heterocycles. The molecule has 1 aliphatic rings. The maximum Gasteiger partial charge on any atom is 0.0414 e. The maximum absolute atomic E-state index is 5.85. The van der Waals surface area contributed by atoms with Gasteiger partial charge in [0.2, 0.25) is 0 Å². The lowest BCUT2D eigenvalue weighted by Crippen LogP contribution is -2.37. The Labute approximate surface area is 94.2 Å². The van der Waals surface area contributed by atoms with Crippen LogP contribution in [0, 0.1) is 0 Å². The van der Waals surface area contributed by atoms with E-state index in [1.807, 2.05) is 23.9 Å². The first-order valence-corrected chi connectivity index (χ1v) is 6.38. The molecule has 1 saturated heterocycles. The molecular formula is C11H14ClNS. The summed E-state index contributed by atoms with van der Waals surface area (Å²) in [5, 5.41) is 4.40. The molecule has 0 bridgehead atoms. The quantitative estimate of drug-likeness (QED) is 0.792. The predicted molar refractivity (Wildman–Crippen MR) is 64.1 cm³/mol. The van der Waals surface area contributed by atoms with Crippen molar-refractivity contribution in [1.29, 1.82) is 0 Å². The predicted octanol–water partition coefficient (Wildman–Crippen LogP) is 3.11. The highest BCUT2D eigenvalue weighted by molar-refractivity contribution is 7.99. The topological polar surface area (TPSA) is 12.0 Å². The minimum atomic E-state index is 0.487. The number of rotatable bonds is 1. The van der Waals surface area contributed by atoms with Gasteiger partial charge in [0.25, 0.3) is 0 Å². The molecule has 3 heteroatoms. The van der Waals surface area contributed by atoms with Crippen LogP contribution in [0.3, 0.4) is 0 Å². The van der Waals surface area contributed by atoms with E-state index in [4.69, 9.17) is 11.6 Å². The summed E-state index contributed by atoms with van der Waals surface area (Å²) < 4.78 is 0. The van der Waals surface area contributed by atoms with Crippen LogP contribution in [-0.2, 0) is 0 Å². The fourth-order valence-corrected chi connectivity index (χ4v) is 2.93. The van der Waals surface area contributed by atoms with Crippen LogP contribution in [0.2, 0.25) is 5.02 Å². The Kier molecular flexibility index (Phi) is 3.37. The first-order chi connectivity index (χ1) is 6.75. The van der Waals surface area contributed by atoms with Crippen molar-refractivity contribution < 1.29 is 0 Å². The number of hydrogen-bond donors (Lipinski definition) is 1. The molecule has 2 atom stereocenters. The van der Waals surface area contributed by atoms with Crippen molar-refractivity contribution in [2.24, 2.45) is 0 Å². The van der Waals surface area contributed by atoms with E-state index in [1.54, 1.807) is 0 Å². The molecule has 0 spiro atoms. The molecule has 1 nitrogen and oxygen atoms in total. The van der Waals surface area contributed by atoms with Crippen LogP contribution in [0.4, 0.5) is 0 Å². The summed E-state index contributed by atoms with van der Waals surface area (Å²) in [6.45, 7) is 2.23. The Bertz CT molecular complexity index is 299. The number of benzene rings is 1. The second kappa shape index (κ2) is 4.56. The Hall–Kier alpha value is -0.180. The molecule has 1 fully saturated rings. The van der Waals surface area contributed by atoms with Crippen LogP contribution in [0.5, 0.6) is 0 Å². The molecule has 1 aromatic rings. The average Bonchev–Trinajstić information content (AvgIpc) is 2.19. The van der Waals surface area contributed by atoms with Gasteiger partial charge in [-0.3, -0.25) is 0 Å². The smallest absolute Gasteiger partial charge is 0.0414 e. The average molecular weight is 228 g/mol. The van der Waals surface area contributed by atoms with E-state index in [-0.39, 0.29) is 0 Å². The van der Waals surface area contributed by atoms with E-state index in [2.05, 4.69) is 24.4 Å². The zero-order valence-corrected chi connectivity index (χ0v) is 9.74. The Morgan fingerprint density at radius 3 is 2.64 bits per heavy atom. The molecule has 0 amide bonds. The minimum Gasteiger partial charge on any atom is -0.306 e. The number of nitrogens with one attached hydrogen (secondary N) is 1. The van der Waals surface area contributed by atoms with Crippen molar-refractivity contribution in [2.75, 3.05) is 11.5 Å². The van der Waals surface area contributed by atoms with Gasteiger partial charge in [-0.25, -0.2) is 0 Å². The monoisotopic (exact) mass is 227 g/mol. The fourth-order valence-electron chi connectivity index (χ4n) is 1.69. The highest BCUT2D eigenvalue weighted by Crippen LogP contribution is 2.25. The largest absolute Gasteiger partial charge is 0.306 e. The van der Waals surface area contributed by atoms with Crippen molar-refractivity contribution in [3.05, 3.63) is 34.9 Å². The van der Waals surface area contributed by atoms with Gasteiger partial charge < -0.3 is 5.32 Å². The Balaban J connectivity index is 2.10. The molecule has 14 heavy (non-hydrogen) atoms. The maximum atomic E-state index is 5.85. The molecular weight excluding hydrogens is 214 g/mol. The second-order valence-corrected chi connectivity index (χ2v) is 5.22. The molecule has 1 N–H and O–H groups in total. The van der Waals surface area contributed by atoms with Crippen molar-refractivity contribution in [1.82, 2.24) is 5.32 Å². The van der Waals surface area contributed by atoms with Crippen LogP contribution in [-0.4, -0.2) is 17.5 Å². The summed E-state index contributed by atoms with van der Waals surface area (Å²) in [7, 11) is 0. The zero-order chi connectivity index (χ0) is 9.97. The van der Waals surface area contributed by atoms with Gasteiger partial charge in [-0.15, -0.1) is 0 Å². The molecule has 76 valence electrons. The van der Waals surface area contributed by atoms with Gasteiger partial charge in [0.05, 0.1) is 0 Å². The van der Waals surface area contributed by atoms with Crippen LogP contribution < -0.4 is 5.32 Å². The first kappa shape index (κ1) is 10.3. The highest BCUT2D eigenvalue weighted by Gasteiger charge is 2.19. The van der Waals surface area contributed by atoms with Gasteiger partial charge in [-0.05, 0) is 24.6 Å². The molecule has 1 heterocycles. The Morgan fingerprint density at radius 1 is 1.29 bits per heavy atom. The van der Waals surface area contributed by atoms with E-state index in [9.17, 15) is 0 Å². The van der Waals surface area contributed by atoms with Gasteiger partial charge in [0, 0.05) is 28.6 Å². The van der Waals surface area contributed by atoms with E-state index in [0.717, 1.165) is 10.8 Å². The van der Waals surface area contributed by atoms with E-state index in [0.29, 0.717) is 12.1 Å². The molecule has 0 saturated carbocycles.